The number of carbonyl (C=O) groups is 3. The summed E-state index contributed by atoms with van der Waals surface area (Å²) in [5.41, 5.74) is 1.67. The van der Waals surface area contributed by atoms with Crippen molar-refractivity contribution < 1.29 is 29.0 Å². The summed E-state index contributed by atoms with van der Waals surface area (Å²) < 4.78 is 12.3. The van der Waals surface area contributed by atoms with Crippen molar-refractivity contribution in [3.63, 3.8) is 0 Å². The van der Waals surface area contributed by atoms with E-state index in [0.717, 1.165) is 22.2 Å². The summed E-state index contributed by atoms with van der Waals surface area (Å²) in [6.07, 6.45) is 3.14. The Kier molecular flexibility index (Phi) is 7.76. The van der Waals surface area contributed by atoms with Gasteiger partial charge in [0.2, 0.25) is 0 Å². The Hall–Kier alpha value is -3.04. The van der Waals surface area contributed by atoms with Crippen LogP contribution in [-0.2, 0) is 11.4 Å². The van der Waals surface area contributed by atoms with Crippen LogP contribution in [-0.4, -0.2) is 40.3 Å². The lowest BCUT2D eigenvalue weighted by Gasteiger charge is -2.15. The minimum absolute atomic E-state index is 0.163. The molecule has 0 unspecified atom stereocenters. The van der Waals surface area contributed by atoms with E-state index in [1.807, 2.05) is 6.92 Å². The zero-order chi connectivity index (χ0) is 23.3. The van der Waals surface area contributed by atoms with Gasteiger partial charge in [-0.15, -0.1) is 6.58 Å². The maximum atomic E-state index is 12.5. The topological polar surface area (TPSA) is 93.1 Å². The first kappa shape index (κ1) is 23.6. The maximum Gasteiger partial charge on any atom is 0.335 e. The lowest BCUT2D eigenvalue weighted by Crippen LogP contribution is -2.27. The summed E-state index contributed by atoms with van der Waals surface area (Å²) >= 11 is 4.37. The fourth-order valence-corrected chi connectivity index (χ4v) is 4.33. The molecular weight excluding hydrogens is 498 g/mol. The van der Waals surface area contributed by atoms with Crippen LogP contribution in [0.3, 0.4) is 0 Å². The third-order valence-corrected chi connectivity index (χ3v) is 5.90. The average Bonchev–Trinajstić information content (AvgIpc) is 3.01. The van der Waals surface area contributed by atoms with E-state index in [0.29, 0.717) is 33.0 Å². The summed E-state index contributed by atoms with van der Waals surface area (Å²) in [4.78, 5) is 36.9. The van der Waals surface area contributed by atoms with Gasteiger partial charge in [0.1, 0.15) is 6.61 Å². The van der Waals surface area contributed by atoms with Crippen LogP contribution < -0.4 is 9.47 Å². The van der Waals surface area contributed by atoms with Crippen LogP contribution in [0.2, 0.25) is 0 Å². The number of imide groups is 1. The van der Waals surface area contributed by atoms with Crippen molar-refractivity contribution in [2.24, 2.45) is 0 Å². The molecule has 0 bridgehead atoms. The van der Waals surface area contributed by atoms with E-state index >= 15 is 0 Å². The Morgan fingerprint density at radius 3 is 2.56 bits per heavy atom. The lowest BCUT2D eigenvalue weighted by atomic mass is 10.1. The van der Waals surface area contributed by atoms with Crippen molar-refractivity contribution in [3.8, 4) is 11.5 Å². The van der Waals surface area contributed by atoms with Gasteiger partial charge in [-0.25, -0.2) is 4.79 Å². The fraction of sp³-hybridized carbons (Fsp3) is 0.174. The zero-order valence-electron chi connectivity index (χ0n) is 17.2. The number of hydrogen-bond donors (Lipinski definition) is 1. The van der Waals surface area contributed by atoms with Crippen LogP contribution in [0.15, 0.2) is 58.4 Å². The summed E-state index contributed by atoms with van der Waals surface area (Å²) in [6.45, 7) is 6.18. The van der Waals surface area contributed by atoms with Gasteiger partial charge in [-0.05, 0) is 76.1 Å². The molecule has 0 saturated carbocycles. The molecule has 7 nitrogen and oxygen atoms in total. The third-order valence-electron chi connectivity index (χ3n) is 4.40. The number of halogens is 1. The first-order valence-electron chi connectivity index (χ1n) is 9.61. The number of aromatic carboxylic acids is 1. The quantitative estimate of drug-likeness (QED) is 0.354. The van der Waals surface area contributed by atoms with Gasteiger partial charge in [0.05, 0.1) is 21.5 Å². The van der Waals surface area contributed by atoms with Crippen LogP contribution in [0.1, 0.15) is 28.4 Å². The molecule has 2 amide bonds. The van der Waals surface area contributed by atoms with E-state index in [9.17, 15) is 14.4 Å². The molecule has 2 aromatic rings. The number of carboxylic acids is 1. The van der Waals surface area contributed by atoms with E-state index in [1.165, 1.54) is 18.2 Å². The number of rotatable bonds is 9. The Labute approximate surface area is 197 Å². The molecule has 0 aliphatic carbocycles. The summed E-state index contributed by atoms with van der Waals surface area (Å²) in [5, 5.41) is 8.67. The summed E-state index contributed by atoms with van der Waals surface area (Å²) in [7, 11) is 0. The minimum atomic E-state index is -0.989. The normalized spacial score (nSPS) is 14.7. The van der Waals surface area contributed by atoms with Crippen molar-refractivity contribution in [2.45, 2.75) is 13.5 Å². The number of amides is 2. The van der Waals surface area contributed by atoms with Gasteiger partial charge >= 0.3 is 5.97 Å². The molecule has 1 aliphatic heterocycles. The van der Waals surface area contributed by atoms with Gasteiger partial charge in [-0.1, -0.05) is 18.2 Å². The number of ether oxygens (including phenoxy) is 2. The van der Waals surface area contributed by atoms with Gasteiger partial charge in [0.15, 0.2) is 11.5 Å². The fourth-order valence-electron chi connectivity index (χ4n) is 2.91. The number of carbonyl (C=O) groups excluding carboxylic acids is 2. The van der Waals surface area contributed by atoms with Crippen LogP contribution in [0.4, 0.5) is 4.79 Å². The highest BCUT2D eigenvalue weighted by Gasteiger charge is 2.34. The number of nitrogens with zero attached hydrogens (tertiary/aromatic N) is 1. The Balaban J connectivity index is 1.83. The van der Waals surface area contributed by atoms with Gasteiger partial charge in [0, 0.05) is 6.54 Å². The largest absolute Gasteiger partial charge is 0.490 e. The van der Waals surface area contributed by atoms with Gasteiger partial charge < -0.3 is 14.6 Å². The van der Waals surface area contributed by atoms with Crippen molar-refractivity contribution in [3.05, 3.63) is 75.1 Å². The van der Waals surface area contributed by atoms with Gasteiger partial charge in [-0.3, -0.25) is 14.5 Å². The molecule has 3 rings (SSSR count). The lowest BCUT2D eigenvalue weighted by molar-refractivity contribution is -0.122. The maximum absolute atomic E-state index is 12.5. The molecule has 0 atom stereocenters. The van der Waals surface area contributed by atoms with Crippen molar-refractivity contribution in [2.75, 3.05) is 13.2 Å². The van der Waals surface area contributed by atoms with Crippen LogP contribution >= 0.6 is 27.7 Å². The van der Waals surface area contributed by atoms with Crippen LogP contribution in [0.25, 0.3) is 6.08 Å². The highest BCUT2D eigenvalue weighted by molar-refractivity contribution is 9.10. The monoisotopic (exact) mass is 517 g/mol. The predicted octanol–water partition coefficient (Wildman–Crippen LogP) is 5.35. The Morgan fingerprint density at radius 2 is 1.94 bits per heavy atom. The van der Waals surface area contributed by atoms with Crippen molar-refractivity contribution in [1.82, 2.24) is 4.90 Å². The second-order valence-corrected chi connectivity index (χ2v) is 8.48. The number of hydrogen-bond acceptors (Lipinski definition) is 6. The molecule has 2 aromatic carbocycles. The van der Waals surface area contributed by atoms with E-state index in [4.69, 9.17) is 14.6 Å². The SMILES string of the molecule is C=CCN1C(=O)S/C(=C/c2cc(Br)c(OCc3ccc(C(=O)O)cc3)c(OCC)c2)C1=O. The standard InChI is InChI=1S/C23H20BrNO6S/c1-3-9-25-21(26)19(32-23(25)29)12-15-10-17(24)20(18(11-15)30-4-2)31-13-14-5-7-16(8-6-14)22(27)28/h3,5-8,10-12H,1,4,9,13H2,2H3,(H,27,28)/b19-12+. The number of carboxylic acid groups (broad SMARTS) is 1. The smallest absolute Gasteiger partial charge is 0.335 e. The Morgan fingerprint density at radius 1 is 1.22 bits per heavy atom. The van der Waals surface area contributed by atoms with Gasteiger partial charge in [0.25, 0.3) is 11.1 Å². The second kappa shape index (κ2) is 10.5. The minimum Gasteiger partial charge on any atom is -0.490 e. The predicted molar refractivity (Wildman–Crippen MR) is 126 cm³/mol. The molecule has 1 aliphatic rings. The molecule has 0 aromatic heterocycles. The van der Waals surface area contributed by atoms with E-state index in [1.54, 1.807) is 30.3 Å². The van der Waals surface area contributed by atoms with Crippen molar-refractivity contribution >= 4 is 50.9 Å². The Bertz CT molecular complexity index is 1100. The molecule has 1 heterocycles. The average molecular weight is 518 g/mol. The first-order valence-corrected chi connectivity index (χ1v) is 11.2. The molecule has 0 radical (unpaired) electrons. The number of benzene rings is 2. The molecule has 0 spiro atoms. The van der Waals surface area contributed by atoms with Crippen LogP contribution in [0.5, 0.6) is 11.5 Å². The zero-order valence-corrected chi connectivity index (χ0v) is 19.6. The molecule has 1 saturated heterocycles. The highest BCUT2D eigenvalue weighted by Crippen LogP contribution is 2.39. The van der Waals surface area contributed by atoms with Crippen molar-refractivity contribution in [1.29, 1.82) is 0 Å². The molecule has 9 heteroatoms. The third kappa shape index (κ3) is 5.41. The van der Waals surface area contributed by atoms with E-state index in [-0.39, 0.29) is 29.9 Å². The summed E-state index contributed by atoms with van der Waals surface area (Å²) in [5.74, 6) is -0.400. The van der Waals surface area contributed by atoms with Crippen LogP contribution in [0, 0.1) is 0 Å². The summed E-state index contributed by atoms with van der Waals surface area (Å²) in [6, 6.07) is 9.91. The van der Waals surface area contributed by atoms with Gasteiger partial charge in [-0.2, -0.15) is 0 Å². The first-order chi connectivity index (χ1) is 15.3. The molecule has 1 fully saturated rings. The molecule has 32 heavy (non-hydrogen) atoms. The van der Waals surface area contributed by atoms with E-state index < -0.39 is 5.97 Å². The molecular formula is C23H20BrNO6S. The highest BCUT2D eigenvalue weighted by atomic mass is 79.9. The van der Waals surface area contributed by atoms with E-state index in [2.05, 4.69) is 22.5 Å². The molecule has 166 valence electrons. The number of thioether (sulfide) groups is 1. The second-order valence-electron chi connectivity index (χ2n) is 6.63. The molecule has 1 N–H and O–H groups in total.